The van der Waals surface area contributed by atoms with E-state index in [0.717, 1.165) is 25.8 Å². The van der Waals surface area contributed by atoms with Crippen LogP contribution in [0.15, 0.2) is 22.7 Å². The summed E-state index contributed by atoms with van der Waals surface area (Å²) in [4.78, 5) is 14.1. The number of carbonyl (C=O) groups excluding carboxylic acids is 1. The predicted octanol–water partition coefficient (Wildman–Crippen LogP) is 3.60. The fraction of sp³-hybridized carbons (Fsp3) is 0.462. The van der Waals surface area contributed by atoms with Gasteiger partial charge in [0.05, 0.1) is 10.0 Å². The maximum Gasteiger partial charge on any atom is 0.255 e. The SMILES string of the molecule is CC1CCCCN1C(=O)c1cccc(F)c1Br. The average molecular weight is 300 g/mol. The lowest BCUT2D eigenvalue weighted by Gasteiger charge is -2.33. The molecule has 1 heterocycles. The number of hydrogen-bond acceptors (Lipinski definition) is 1. The Morgan fingerprint density at radius 2 is 2.24 bits per heavy atom. The number of benzene rings is 1. The van der Waals surface area contributed by atoms with Crippen LogP contribution in [0.5, 0.6) is 0 Å². The van der Waals surface area contributed by atoms with Crippen molar-refractivity contribution >= 4 is 21.8 Å². The highest BCUT2D eigenvalue weighted by molar-refractivity contribution is 9.10. The van der Waals surface area contributed by atoms with Gasteiger partial charge >= 0.3 is 0 Å². The zero-order valence-corrected chi connectivity index (χ0v) is 11.3. The third-order valence-corrected chi connectivity index (χ3v) is 4.05. The summed E-state index contributed by atoms with van der Waals surface area (Å²) in [5.41, 5.74) is 0.416. The van der Waals surface area contributed by atoms with Crippen molar-refractivity contribution in [1.29, 1.82) is 0 Å². The fourth-order valence-corrected chi connectivity index (χ4v) is 2.66. The predicted molar refractivity (Wildman–Crippen MR) is 68.4 cm³/mol. The van der Waals surface area contributed by atoms with Gasteiger partial charge in [-0.05, 0) is 54.2 Å². The van der Waals surface area contributed by atoms with Crippen LogP contribution in [0.1, 0.15) is 36.5 Å². The summed E-state index contributed by atoms with van der Waals surface area (Å²) in [5, 5.41) is 0. The van der Waals surface area contributed by atoms with Crippen LogP contribution >= 0.6 is 15.9 Å². The summed E-state index contributed by atoms with van der Waals surface area (Å²) < 4.78 is 13.7. The number of piperidine rings is 1. The molecule has 1 amide bonds. The van der Waals surface area contributed by atoms with E-state index in [1.54, 1.807) is 12.1 Å². The van der Waals surface area contributed by atoms with Crippen LogP contribution in [0.4, 0.5) is 4.39 Å². The molecule has 1 saturated heterocycles. The molecule has 0 saturated carbocycles. The van der Waals surface area contributed by atoms with Gasteiger partial charge in [0.15, 0.2) is 0 Å². The van der Waals surface area contributed by atoms with Crippen molar-refractivity contribution in [2.24, 2.45) is 0 Å². The first-order valence-electron chi connectivity index (χ1n) is 5.86. The molecule has 92 valence electrons. The van der Waals surface area contributed by atoms with E-state index in [9.17, 15) is 9.18 Å². The Hall–Kier alpha value is -0.900. The molecule has 1 aromatic carbocycles. The summed E-state index contributed by atoms with van der Waals surface area (Å²) in [6.07, 6.45) is 3.22. The van der Waals surface area contributed by atoms with Gasteiger partial charge in [0.25, 0.3) is 5.91 Å². The van der Waals surface area contributed by atoms with Gasteiger partial charge in [0, 0.05) is 12.6 Å². The number of amides is 1. The molecule has 2 nitrogen and oxygen atoms in total. The smallest absolute Gasteiger partial charge is 0.255 e. The van der Waals surface area contributed by atoms with Crippen LogP contribution in [0.25, 0.3) is 0 Å². The molecule has 1 unspecified atom stereocenters. The molecule has 1 aliphatic rings. The van der Waals surface area contributed by atoms with Gasteiger partial charge < -0.3 is 4.90 Å². The second-order valence-corrected chi connectivity index (χ2v) is 5.24. The maximum absolute atomic E-state index is 13.4. The molecular weight excluding hydrogens is 285 g/mol. The highest BCUT2D eigenvalue weighted by Crippen LogP contribution is 2.25. The van der Waals surface area contributed by atoms with Crippen LogP contribution in [0.2, 0.25) is 0 Å². The van der Waals surface area contributed by atoms with E-state index in [2.05, 4.69) is 15.9 Å². The Kier molecular flexibility index (Phi) is 3.82. The minimum atomic E-state index is -0.388. The Labute approximate surface area is 109 Å². The number of carbonyl (C=O) groups is 1. The topological polar surface area (TPSA) is 20.3 Å². The molecule has 1 aliphatic heterocycles. The number of halogens is 2. The van der Waals surface area contributed by atoms with Gasteiger partial charge in [-0.15, -0.1) is 0 Å². The van der Waals surface area contributed by atoms with Gasteiger partial charge in [-0.2, -0.15) is 0 Å². The van der Waals surface area contributed by atoms with Gasteiger partial charge in [-0.25, -0.2) is 4.39 Å². The Bertz CT molecular complexity index is 435. The van der Waals surface area contributed by atoms with Crippen LogP contribution in [0, 0.1) is 5.82 Å². The normalized spacial score (nSPS) is 20.4. The fourth-order valence-electron chi connectivity index (χ4n) is 2.22. The van der Waals surface area contributed by atoms with Crippen LogP contribution in [0.3, 0.4) is 0 Å². The summed E-state index contributed by atoms with van der Waals surface area (Å²) in [5.74, 6) is -0.468. The van der Waals surface area contributed by atoms with Crippen molar-refractivity contribution in [3.05, 3.63) is 34.1 Å². The first-order valence-corrected chi connectivity index (χ1v) is 6.65. The first kappa shape index (κ1) is 12.6. The van der Waals surface area contributed by atoms with Gasteiger partial charge in [0.2, 0.25) is 0 Å². The summed E-state index contributed by atoms with van der Waals surface area (Å²) >= 11 is 3.14. The van der Waals surface area contributed by atoms with E-state index in [1.165, 1.54) is 6.07 Å². The monoisotopic (exact) mass is 299 g/mol. The molecule has 0 spiro atoms. The lowest BCUT2D eigenvalue weighted by molar-refractivity contribution is 0.0634. The highest BCUT2D eigenvalue weighted by Gasteiger charge is 2.26. The van der Waals surface area contributed by atoms with E-state index in [1.807, 2.05) is 11.8 Å². The average Bonchev–Trinajstić information content (AvgIpc) is 2.32. The molecule has 4 heteroatoms. The Morgan fingerprint density at radius 1 is 1.47 bits per heavy atom. The summed E-state index contributed by atoms with van der Waals surface area (Å²) in [6.45, 7) is 2.81. The molecule has 0 N–H and O–H groups in total. The van der Waals surface area contributed by atoms with E-state index in [4.69, 9.17) is 0 Å². The van der Waals surface area contributed by atoms with Crippen molar-refractivity contribution in [3.63, 3.8) is 0 Å². The molecule has 2 rings (SSSR count). The van der Waals surface area contributed by atoms with E-state index in [-0.39, 0.29) is 22.2 Å². The minimum absolute atomic E-state index is 0.0800. The van der Waals surface area contributed by atoms with Crippen LogP contribution in [-0.2, 0) is 0 Å². The molecule has 0 aromatic heterocycles. The lowest BCUT2D eigenvalue weighted by atomic mass is 10.0. The molecule has 1 fully saturated rings. The Morgan fingerprint density at radius 3 is 2.94 bits per heavy atom. The minimum Gasteiger partial charge on any atom is -0.336 e. The third kappa shape index (κ3) is 2.51. The first-order chi connectivity index (χ1) is 8.11. The zero-order chi connectivity index (χ0) is 12.4. The third-order valence-electron chi connectivity index (χ3n) is 3.25. The van der Waals surface area contributed by atoms with E-state index in [0.29, 0.717) is 5.56 Å². The van der Waals surface area contributed by atoms with Crippen molar-refractivity contribution in [2.45, 2.75) is 32.2 Å². The second-order valence-electron chi connectivity index (χ2n) is 4.44. The van der Waals surface area contributed by atoms with Crippen molar-refractivity contribution in [1.82, 2.24) is 4.90 Å². The van der Waals surface area contributed by atoms with Gasteiger partial charge in [-0.3, -0.25) is 4.79 Å². The van der Waals surface area contributed by atoms with Crippen molar-refractivity contribution in [2.75, 3.05) is 6.54 Å². The molecule has 0 bridgehead atoms. The standard InChI is InChI=1S/C13H15BrFNO/c1-9-5-2-3-8-16(9)13(17)10-6-4-7-11(15)12(10)14/h4,6-7,9H,2-3,5,8H2,1H3. The zero-order valence-electron chi connectivity index (χ0n) is 9.75. The van der Waals surface area contributed by atoms with E-state index < -0.39 is 0 Å². The largest absolute Gasteiger partial charge is 0.336 e. The number of likely N-dealkylation sites (tertiary alicyclic amines) is 1. The second kappa shape index (κ2) is 5.17. The molecule has 1 aromatic rings. The van der Waals surface area contributed by atoms with Gasteiger partial charge in [-0.1, -0.05) is 6.07 Å². The molecule has 17 heavy (non-hydrogen) atoms. The highest BCUT2D eigenvalue weighted by atomic mass is 79.9. The Balaban J connectivity index is 2.27. The molecule has 0 aliphatic carbocycles. The van der Waals surface area contributed by atoms with Gasteiger partial charge in [0.1, 0.15) is 5.82 Å². The van der Waals surface area contributed by atoms with Crippen molar-refractivity contribution in [3.8, 4) is 0 Å². The summed E-state index contributed by atoms with van der Waals surface area (Å²) in [6, 6.07) is 4.82. The summed E-state index contributed by atoms with van der Waals surface area (Å²) in [7, 11) is 0. The molecule has 0 radical (unpaired) electrons. The number of hydrogen-bond donors (Lipinski definition) is 0. The molecular formula is C13H15BrFNO. The quantitative estimate of drug-likeness (QED) is 0.776. The lowest BCUT2D eigenvalue weighted by Crippen LogP contribution is -2.42. The van der Waals surface area contributed by atoms with Crippen molar-refractivity contribution < 1.29 is 9.18 Å². The van der Waals surface area contributed by atoms with Crippen LogP contribution in [-0.4, -0.2) is 23.4 Å². The number of nitrogens with zero attached hydrogens (tertiary/aromatic N) is 1. The number of rotatable bonds is 1. The van der Waals surface area contributed by atoms with E-state index >= 15 is 0 Å². The molecule has 1 atom stereocenters. The van der Waals surface area contributed by atoms with Crippen LogP contribution < -0.4 is 0 Å². The maximum atomic E-state index is 13.4.